The largest absolute Gasteiger partial charge is 0.497 e. The molecule has 154 valence electrons. The Morgan fingerprint density at radius 1 is 1.28 bits per heavy atom. The number of rotatable bonds is 5. The van der Waals surface area contributed by atoms with E-state index in [4.69, 9.17) is 9.15 Å². The summed E-state index contributed by atoms with van der Waals surface area (Å²) in [6.07, 6.45) is 1.98. The Bertz CT molecular complexity index is 1240. The minimum absolute atomic E-state index is 0.00392. The van der Waals surface area contributed by atoms with E-state index in [0.717, 1.165) is 18.4 Å². The highest BCUT2D eigenvalue weighted by atomic mass is 32.2. The number of hydrogen-bond acceptors (Lipinski definition) is 6. The molecule has 0 fully saturated rings. The minimum atomic E-state index is -3.90. The average molecular weight is 418 g/mol. The van der Waals surface area contributed by atoms with Gasteiger partial charge >= 0.3 is 5.76 Å². The predicted octanol–water partition coefficient (Wildman–Crippen LogP) is 1.64. The summed E-state index contributed by atoms with van der Waals surface area (Å²) in [5.74, 6) is 0.138. The van der Waals surface area contributed by atoms with Crippen LogP contribution >= 0.6 is 0 Å². The van der Waals surface area contributed by atoms with Crippen molar-refractivity contribution in [3.05, 3.63) is 58.1 Å². The van der Waals surface area contributed by atoms with Crippen molar-refractivity contribution in [2.75, 3.05) is 13.7 Å². The molecule has 4 rings (SSSR count). The molecule has 0 radical (unpaired) electrons. The van der Waals surface area contributed by atoms with Crippen LogP contribution in [0.1, 0.15) is 24.0 Å². The standard InChI is InChI=1S/C20H22N2O6S/c1-22-17-11-15(6-8-18(17)28-19(22)23)29(25,26)21-12-20(24)9-3-4-13-10-14(27-2)5-7-16(13)20/h5-8,10-11,21,24H,3-4,9,12H2,1-2H3. The van der Waals surface area contributed by atoms with Gasteiger partial charge in [-0.05, 0) is 60.7 Å². The van der Waals surface area contributed by atoms with Crippen LogP contribution in [0.15, 0.2) is 50.5 Å². The van der Waals surface area contributed by atoms with Crippen LogP contribution in [0.4, 0.5) is 0 Å². The van der Waals surface area contributed by atoms with E-state index in [9.17, 15) is 18.3 Å². The first kappa shape index (κ1) is 19.7. The van der Waals surface area contributed by atoms with Crippen LogP contribution in [-0.2, 0) is 29.1 Å². The van der Waals surface area contributed by atoms with Gasteiger partial charge in [0, 0.05) is 13.6 Å². The maximum Gasteiger partial charge on any atom is 0.419 e. The van der Waals surface area contributed by atoms with Gasteiger partial charge < -0.3 is 14.3 Å². The summed E-state index contributed by atoms with van der Waals surface area (Å²) in [6.45, 7) is -0.156. The number of methoxy groups -OCH3 is 1. The van der Waals surface area contributed by atoms with E-state index in [2.05, 4.69) is 4.72 Å². The van der Waals surface area contributed by atoms with Gasteiger partial charge in [-0.25, -0.2) is 17.9 Å². The van der Waals surface area contributed by atoms with Gasteiger partial charge in [0.1, 0.15) is 11.4 Å². The predicted molar refractivity (Wildman–Crippen MR) is 106 cm³/mol. The van der Waals surface area contributed by atoms with Crippen LogP contribution < -0.4 is 15.2 Å². The third kappa shape index (κ3) is 3.45. The second-order valence-corrected chi connectivity index (χ2v) is 9.06. The summed E-state index contributed by atoms with van der Waals surface area (Å²) in [7, 11) is -0.815. The van der Waals surface area contributed by atoms with Gasteiger partial charge in [0.05, 0.1) is 17.5 Å². The molecule has 9 heteroatoms. The van der Waals surface area contributed by atoms with Crippen LogP contribution in [0.5, 0.6) is 5.75 Å². The number of sulfonamides is 1. The molecule has 3 aromatic rings. The van der Waals surface area contributed by atoms with E-state index in [1.54, 1.807) is 19.2 Å². The van der Waals surface area contributed by atoms with Crippen LogP contribution in [0, 0.1) is 0 Å². The van der Waals surface area contributed by atoms with Crippen molar-refractivity contribution in [3.8, 4) is 5.75 Å². The Morgan fingerprint density at radius 2 is 2.07 bits per heavy atom. The van der Waals surface area contributed by atoms with E-state index >= 15 is 0 Å². The third-order valence-electron chi connectivity index (χ3n) is 5.48. The van der Waals surface area contributed by atoms with Crippen LogP contribution in [0.2, 0.25) is 0 Å². The van der Waals surface area contributed by atoms with Crippen molar-refractivity contribution < 1.29 is 22.7 Å². The lowest BCUT2D eigenvalue weighted by Gasteiger charge is -2.34. The summed E-state index contributed by atoms with van der Waals surface area (Å²) >= 11 is 0. The molecule has 0 spiro atoms. The molecule has 1 atom stereocenters. The molecular weight excluding hydrogens is 396 g/mol. The zero-order valence-electron chi connectivity index (χ0n) is 16.1. The number of oxazole rings is 1. The Morgan fingerprint density at radius 3 is 2.83 bits per heavy atom. The van der Waals surface area contributed by atoms with Crippen molar-refractivity contribution in [1.29, 1.82) is 0 Å². The van der Waals surface area contributed by atoms with Crippen molar-refractivity contribution in [3.63, 3.8) is 0 Å². The molecule has 0 saturated heterocycles. The molecule has 1 aromatic heterocycles. The highest BCUT2D eigenvalue weighted by Gasteiger charge is 2.36. The fourth-order valence-electron chi connectivity index (χ4n) is 3.82. The highest BCUT2D eigenvalue weighted by Crippen LogP contribution is 2.37. The molecule has 0 bridgehead atoms. The summed E-state index contributed by atoms with van der Waals surface area (Å²) < 4.78 is 39.7. The number of aromatic nitrogens is 1. The molecule has 0 saturated carbocycles. The molecule has 8 nitrogen and oxygen atoms in total. The number of aliphatic hydroxyl groups is 1. The molecule has 29 heavy (non-hydrogen) atoms. The molecule has 1 unspecified atom stereocenters. The van der Waals surface area contributed by atoms with Gasteiger partial charge in [-0.2, -0.15) is 0 Å². The lowest BCUT2D eigenvalue weighted by Crippen LogP contribution is -2.42. The molecule has 2 aromatic carbocycles. The van der Waals surface area contributed by atoms with Gasteiger partial charge in [-0.1, -0.05) is 6.07 Å². The fraction of sp³-hybridized carbons (Fsp3) is 0.350. The Kier molecular flexibility index (Phi) is 4.76. The summed E-state index contributed by atoms with van der Waals surface area (Å²) in [5.41, 5.74) is 1.04. The summed E-state index contributed by atoms with van der Waals surface area (Å²) in [6, 6.07) is 9.62. The van der Waals surface area contributed by atoms with E-state index in [1.165, 1.54) is 29.8 Å². The average Bonchev–Trinajstić information content (AvgIpc) is 3.00. The van der Waals surface area contributed by atoms with Crippen molar-refractivity contribution in [2.24, 2.45) is 7.05 Å². The monoisotopic (exact) mass is 418 g/mol. The topological polar surface area (TPSA) is 111 Å². The van der Waals surface area contributed by atoms with Gasteiger partial charge in [0.2, 0.25) is 10.0 Å². The number of fused-ring (bicyclic) bond motifs is 2. The molecule has 2 N–H and O–H groups in total. The maximum absolute atomic E-state index is 12.8. The maximum atomic E-state index is 12.8. The number of hydrogen-bond donors (Lipinski definition) is 2. The smallest absolute Gasteiger partial charge is 0.419 e. The van der Waals surface area contributed by atoms with Gasteiger partial charge in [-0.15, -0.1) is 0 Å². The number of benzene rings is 2. The lowest BCUT2D eigenvalue weighted by atomic mass is 9.79. The first-order valence-electron chi connectivity index (χ1n) is 9.22. The van der Waals surface area contributed by atoms with Crippen LogP contribution in [0.3, 0.4) is 0 Å². The third-order valence-corrected chi connectivity index (χ3v) is 6.88. The van der Waals surface area contributed by atoms with Gasteiger partial charge in [-0.3, -0.25) is 4.57 Å². The quantitative estimate of drug-likeness (QED) is 0.652. The molecule has 0 aliphatic heterocycles. The number of nitrogens with one attached hydrogen (secondary N) is 1. The first-order chi connectivity index (χ1) is 13.7. The number of nitrogens with zero attached hydrogens (tertiary/aromatic N) is 1. The molecule has 1 aliphatic rings. The summed E-state index contributed by atoms with van der Waals surface area (Å²) in [5, 5.41) is 11.2. The Balaban J connectivity index is 1.62. The van der Waals surface area contributed by atoms with Crippen LogP contribution in [0.25, 0.3) is 11.1 Å². The van der Waals surface area contributed by atoms with E-state index in [-0.39, 0.29) is 11.4 Å². The Hall–Kier alpha value is -2.62. The van der Waals surface area contributed by atoms with E-state index in [0.29, 0.717) is 28.8 Å². The number of aryl methyl sites for hydroxylation is 2. The lowest BCUT2D eigenvalue weighted by molar-refractivity contribution is 0.0242. The highest BCUT2D eigenvalue weighted by molar-refractivity contribution is 7.89. The second kappa shape index (κ2) is 7.01. The van der Waals surface area contributed by atoms with E-state index in [1.807, 2.05) is 6.07 Å². The molecule has 1 heterocycles. The van der Waals surface area contributed by atoms with Crippen molar-refractivity contribution in [1.82, 2.24) is 9.29 Å². The summed E-state index contributed by atoms with van der Waals surface area (Å²) in [4.78, 5) is 11.6. The minimum Gasteiger partial charge on any atom is -0.497 e. The Labute approximate surface area is 167 Å². The SMILES string of the molecule is COc1ccc2c(c1)CCCC2(O)CNS(=O)(=O)c1ccc2oc(=O)n(C)c2c1. The van der Waals surface area contributed by atoms with Crippen LogP contribution in [-0.4, -0.2) is 31.7 Å². The normalized spacial score (nSPS) is 19.3. The fourth-order valence-corrected chi connectivity index (χ4v) is 4.93. The molecule has 1 aliphatic carbocycles. The zero-order chi connectivity index (χ0) is 20.8. The van der Waals surface area contributed by atoms with E-state index < -0.39 is 21.4 Å². The number of ether oxygens (including phenoxy) is 1. The molecular formula is C20H22N2O6S. The first-order valence-corrected chi connectivity index (χ1v) is 10.7. The van der Waals surface area contributed by atoms with Crippen molar-refractivity contribution >= 4 is 21.1 Å². The zero-order valence-corrected chi connectivity index (χ0v) is 17.0. The second-order valence-electron chi connectivity index (χ2n) is 7.29. The van der Waals surface area contributed by atoms with Gasteiger partial charge in [0.15, 0.2) is 5.58 Å². The van der Waals surface area contributed by atoms with Gasteiger partial charge in [0.25, 0.3) is 0 Å². The molecule has 0 amide bonds. The van der Waals surface area contributed by atoms with Crippen molar-refractivity contribution in [2.45, 2.75) is 29.8 Å².